The molecule has 0 amide bonds. The van der Waals surface area contributed by atoms with Crippen LogP contribution in [-0.2, 0) is 6.54 Å². The van der Waals surface area contributed by atoms with Gasteiger partial charge in [-0.1, -0.05) is 37.3 Å². The molecule has 0 spiro atoms. The van der Waals surface area contributed by atoms with Crippen LogP contribution in [0.1, 0.15) is 18.9 Å². The lowest BCUT2D eigenvalue weighted by Gasteiger charge is -2.31. The lowest BCUT2D eigenvalue weighted by molar-refractivity contribution is 0.0518. The summed E-state index contributed by atoms with van der Waals surface area (Å²) in [5, 5.41) is 0. The van der Waals surface area contributed by atoms with Crippen LogP contribution >= 0.6 is 11.8 Å². The summed E-state index contributed by atoms with van der Waals surface area (Å²) in [5.74, 6) is 0.427. The predicted octanol–water partition coefficient (Wildman–Crippen LogP) is 4.60. The third-order valence-electron chi connectivity index (χ3n) is 4.21. The fourth-order valence-electron chi connectivity index (χ4n) is 3.06. The number of benzene rings is 2. The lowest BCUT2D eigenvalue weighted by Crippen LogP contribution is -2.41. The largest absolute Gasteiger partial charge is 0.486 e. The number of rotatable bonds is 7. The maximum Gasteiger partial charge on any atom is 0.198 e. The highest BCUT2D eigenvalue weighted by molar-refractivity contribution is 7.98. The summed E-state index contributed by atoms with van der Waals surface area (Å²) in [7, 11) is 0. The van der Waals surface area contributed by atoms with Crippen molar-refractivity contribution in [1.82, 2.24) is 4.90 Å². The molecule has 1 heterocycles. The molecule has 0 aliphatic carbocycles. The van der Waals surface area contributed by atoms with E-state index in [0.717, 1.165) is 19.5 Å². The van der Waals surface area contributed by atoms with Crippen molar-refractivity contribution >= 4 is 11.8 Å². The Hall–Kier alpha value is -1.72. The van der Waals surface area contributed by atoms with Gasteiger partial charge < -0.3 is 9.47 Å². The fraction of sp³-hybridized carbons (Fsp3) is 0.400. The van der Waals surface area contributed by atoms with Crippen molar-refractivity contribution in [1.29, 1.82) is 0 Å². The Morgan fingerprint density at radius 3 is 2.72 bits per heavy atom. The number of thioether (sulfide) groups is 1. The Bertz CT molecular complexity index is 696. The molecule has 0 bridgehead atoms. The first-order valence-electron chi connectivity index (χ1n) is 8.63. The molecule has 1 aliphatic rings. The second-order valence-corrected chi connectivity index (χ2v) is 7.03. The molecule has 3 rings (SSSR count). The minimum Gasteiger partial charge on any atom is -0.486 e. The SMILES string of the molecule is CCCN(Cc1ccccc1)C[C@H]1COc2ccc(SC)c(F)c2O1. The van der Waals surface area contributed by atoms with Gasteiger partial charge in [-0.2, -0.15) is 0 Å². The van der Waals surface area contributed by atoms with E-state index in [9.17, 15) is 4.39 Å². The van der Waals surface area contributed by atoms with Gasteiger partial charge in [-0.3, -0.25) is 4.90 Å². The Morgan fingerprint density at radius 2 is 2.00 bits per heavy atom. The maximum absolute atomic E-state index is 14.5. The van der Waals surface area contributed by atoms with E-state index in [-0.39, 0.29) is 17.7 Å². The highest BCUT2D eigenvalue weighted by Gasteiger charge is 2.27. The molecule has 0 N–H and O–H groups in total. The highest BCUT2D eigenvalue weighted by atomic mass is 32.2. The van der Waals surface area contributed by atoms with Crippen LogP contribution in [0, 0.1) is 5.82 Å². The van der Waals surface area contributed by atoms with E-state index in [2.05, 4.69) is 36.1 Å². The van der Waals surface area contributed by atoms with Gasteiger partial charge in [-0.15, -0.1) is 11.8 Å². The van der Waals surface area contributed by atoms with Gasteiger partial charge in [-0.05, 0) is 36.9 Å². The van der Waals surface area contributed by atoms with Crippen molar-refractivity contribution in [3.63, 3.8) is 0 Å². The average Bonchev–Trinajstić information content (AvgIpc) is 2.63. The summed E-state index contributed by atoms with van der Waals surface area (Å²) in [6, 6.07) is 13.9. The molecule has 0 saturated heterocycles. The maximum atomic E-state index is 14.5. The van der Waals surface area contributed by atoms with E-state index < -0.39 is 0 Å². The fourth-order valence-corrected chi connectivity index (χ4v) is 3.53. The topological polar surface area (TPSA) is 21.7 Å². The Kier molecular flexibility index (Phi) is 6.21. The van der Waals surface area contributed by atoms with E-state index in [1.165, 1.54) is 17.3 Å². The van der Waals surface area contributed by atoms with Crippen LogP contribution in [0.4, 0.5) is 4.39 Å². The Balaban J connectivity index is 1.69. The van der Waals surface area contributed by atoms with Crippen LogP contribution < -0.4 is 9.47 Å². The Morgan fingerprint density at radius 1 is 1.20 bits per heavy atom. The number of fused-ring (bicyclic) bond motifs is 1. The van der Waals surface area contributed by atoms with Crippen molar-refractivity contribution in [2.75, 3.05) is 26.0 Å². The molecule has 2 aromatic carbocycles. The predicted molar refractivity (Wildman–Crippen MR) is 100 cm³/mol. The van der Waals surface area contributed by atoms with Crippen LogP contribution in [0.25, 0.3) is 0 Å². The lowest BCUT2D eigenvalue weighted by atomic mass is 10.2. The standard InChI is InChI=1S/C20H24FNO2S/c1-3-11-22(12-15-7-5-4-6-8-15)13-16-14-23-17-9-10-18(25-2)19(21)20(17)24-16/h4-10,16H,3,11-14H2,1-2H3/t16-/m0/s1. The van der Waals surface area contributed by atoms with Gasteiger partial charge in [0.2, 0.25) is 0 Å². The molecule has 0 unspecified atom stereocenters. The van der Waals surface area contributed by atoms with Crippen molar-refractivity contribution in [2.24, 2.45) is 0 Å². The molecule has 5 heteroatoms. The normalized spacial score (nSPS) is 16.2. The summed E-state index contributed by atoms with van der Waals surface area (Å²) in [6.07, 6.45) is 2.74. The van der Waals surface area contributed by atoms with Crippen LogP contribution in [0.15, 0.2) is 47.4 Å². The monoisotopic (exact) mass is 361 g/mol. The molecule has 0 fully saturated rings. The smallest absolute Gasteiger partial charge is 0.198 e. The second kappa shape index (κ2) is 8.59. The average molecular weight is 361 g/mol. The first-order chi connectivity index (χ1) is 12.2. The molecule has 2 aromatic rings. The number of halogens is 1. The molecular formula is C20H24FNO2S. The second-order valence-electron chi connectivity index (χ2n) is 6.18. The van der Waals surface area contributed by atoms with E-state index in [1.807, 2.05) is 12.3 Å². The van der Waals surface area contributed by atoms with Crippen LogP contribution in [-0.4, -0.2) is 37.0 Å². The van der Waals surface area contributed by atoms with Gasteiger partial charge in [0.15, 0.2) is 17.3 Å². The van der Waals surface area contributed by atoms with Crippen molar-refractivity contribution in [3.8, 4) is 11.5 Å². The van der Waals surface area contributed by atoms with Crippen molar-refractivity contribution < 1.29 is 13.9 Å². The zero-order valence-corrected chi connectivity index (χ0v) is 15.5. The Labute approximate surface area is 153 Å². The first kappa shape index (κ1) is 18.1. The van der Waals surface area contributed by atoms with E-state index in [0.29, 0.717) is 23.8 Å². The summed E-state index contributed by atoms with van der Waals surface area (Å²) < 4.78 is 26.2. The number of ether oxygens (including phenoxy) is 2. The minimum atomic E-state index is -0.320. The zero-order valence-electron chi connectivity index (χ0n) is 14.7. The van der Waals surface area contributed by atoms with E-state index >= 15 is 0 Å². The molecule has 0 radical (unpaired) electrons. The molecule has 1 atom stereocenters. The summed E-state index contributed by atoms with van der Waals surface area (Å²) in [6.45, 7) is 5.14. The van der Waals surface area contributed by atoms with E-state index in [1.54, 1.807) is 12.1 Å². The van der Waals surface area contributed by atoms with E-state index in [4.69, 9.17) is 9.47 Å². The summed E-state index contributed by atoms with van der Waals surface area (Å²) in [5.41, 5.74) is 1.27. The first-order valence-corrected chi connectivity index (χ1v) is 9.86. The van der Waals surface area contributed by atoms with Crippen molar-refractivity contribution in [3.05, 3.63) is 53.8 Å². The van der Waals surface area contributed by atoms with Crippen LogP contribution in [0.3, 0.4) is 0 Å². The third-order valence-corrected chi connectivity index (χ3v) is 4.96. The number of hydrogen-bond acceptors (Lipinski definition) is 4. The third kappa shape index (κ3) is 4.47. The van der Waals surface area contributed by atoms with Gasteiger partial charge in [-0.25, -0.2) is 4.39 Å². The zero-order chi connectivity index (χ0) is 17.6. The number of hydrogen-bond donors (Lipinski definition) is 0. The minimum absolute atomic E-state index is 0.172. The number of nitrogens with zero attached hydrogens (tertiary/aromatic N) is 1. The van der Waals surface area contributed by atoms with Crippen LogP contribution in [0.2, 0.25) is 0 Å². The van der Waals surface area contributed by atoms with Crippen LogP contribution in [0.5, 0.6) is 11.5 Å². The molecule has 134 valence electrons. The van der Waals surface area contributed by atoms with Gasteiger partial charge in [0.05, 0.1) is 0 Å². The van der Waals surface area contributed by atoms with Gasteiger partial charge in [0.1, 0.15) is 12.7 Å². The molecule has 0 aromatic heterocycles. The summed E-state index contributed by atoms with van der Waals surface area (Å²) in [4.78, 5) is 2.92. The molecular weight excluding hydrogens is 337 g/mol. The van der Waals surface area contributed by atoms with Crippen molar-refractivity contribution in [2.45, 2.75) is 30.9 Å². The highest BCUT2D eigenvalue weighted by Crippen LogP contribution is 2.38. The van der Waals surface area contributed by atoms with Gasteiger partial charge in [0, 0.05) is 18.0 Å². The summed E-state index contributed by atoms with van der Waals surface area (Å²) >= 11 is 1.37. The molecule has 3 nitrogen and oxygen atoms in total. The molecule has 25 heavy (non-hydrogen) atoms. The van der Waals surface area contributed by atoms with Gasteiger partial charge >= 0.3 is 0 Å². The molecule has 1 aliphatic heterocycles. The molecule has 0 saturated carbocycles. The van der Waals surface area contributed by atoms with Gasteiger partial charge in [0.25, 0.3) is 0 Å². The quantitative estimate of drug-likeness (QED) is 0.672.